The van der Waals surface area contributed by atoms with Gasteiger partial charge in [-0.05, 0) is 66.1 Å². The second-order valence-electron chi connectivity index (χ2n) is 11.0. The average Bonchev–Trinajstić information content (AvgIpc) is 3.10. The number of hydrogen-bond acceptors (Lipinski definition) is 10. The molecule has 1 fully saturated rings. The molecular weight excluding hydrogens is 644 g/mol. The van der Waals surface area contributed by atoms with E-state index in [0.717, 1.165) is 9.87 Å². The van der Waals surface area contributed by atoms with E-state index in [4.69, 9.17) is 18.9 Å². The SMILES string of the molecule is COc1ccc(CCN(CC(=O)N2CC(=O)N(Cc3cc(OC)cc(OC)c3)CC2CC(=O)N(O)c2ccc(OC)cc2)S(=O)[O-])cc1. The van der Waals surface area contributed by atoms with Crippen molar-refractivity contribution in [1.29, 1.82) is 0 Å². The summed E-state index contributed by atoms with van der Waals surface area (Å²) in [6.07, 6.45) is -0.0307. The molecule has 48 heavy (non-hydrogen) atoms. The summed E-state index contributed by atoms with van der Waals surface area (Å²) in [6, 6.07) is 17.6. The van der Waals surface area contributed by atoms with Crippen LogP contribution in [0.5, 0.6) is 23.0 Å². The number of rotatable bonds is 15. The molecule has 0 saturated carbocycles. The van der Waals surface area contributed by atoms with Crippen molar-refractivity contribution in [2.24, 2.45) is 0 Å². The maximum absolute atomic E-state index is 13.7. The molecule has 1 N–H and O–H groups in total. The zero-order chi connectivity index (χ0) is 34.8. The summed E-state index contributed by atoms with van der Waals surface area (Å²) < 4.78 is 46.3. The lowest BCUT2D eigenvalue weighted by atomic mass is 10.1. The highest BCUT2D eigenvalue weighted by Gasteiger charge is 2.37. The highest BCUT2D eigenvalue weighted by Crippen LogP contribution is 2.26. The average molecular weight is 684 g/mol. The molecule has 3 amide bonds. The zero-order valence-electron chi connectivity index (χ0n) is 27.2. The van der Waals surface area contributed by atoms with E-state index in [9.17, 15) is 28.4 Å². The van der Waals surface area contributed by atoms with E-state index in [1.807, 2.05) is 0 Å². The summed E-state index contributed by atoms with van der Waals surface area (Å²) in [5, 5.41) is 11.2. The molecule has 15 heteroatoms. The second-order valence-corrected chi connectivity index (χ2v) is 11.9. The Morgan fingerprint density at radius 1 is 0.875 bits per heavy atom. The number of methoxy groups -OCH3 is 4. The normalized spacial score (nSPS) is 15.2. The van der Waals surface area contributed by atoms with E-state index in [2.05, 4.69) is 0 Å². The van der Waals surface area contributed by atoms with Crippen molar-refractivity contribution < 1.29 is 47.3 Å². The van der Waals surface area contributed by atoms with Gasteiger partial charge in [0.2, 0.25) is 11.8 Å². The van der Waals surface area contributed by atoms with Gasteiger partial charge in [0.05, 0.1) is 53.1 Å². The van der Waals surface area contributed by atoms with Crippen molar-refractivity contribution in [3.8, 4) is 23.0 Å². The fourth-order valence-corrected chi connectivity index (χ4v) is 5.73. The number of hydrogen-bond donors (Lipinski definition) is 1. The van der Waals surface area contributed by atoms with E-state index in [0.29, 0.717) is 40.0 Å². The number of anilines is 1. The van der Waals surface area contributed by atoms with Gasteiger partial charge < -0.3 is 33.3 Å². The molecule has 0 aliphatic carbocycles. The van der Waals surface area contributed by atoms with Crippen LogP contribution in [0.1, 0.15) is 17.5 Å². The number of piperazine rings is 1. The van der Waals surface area contributed by atoms with Crippen LogP contribution >= 0.6 is 0 Å². The third-order valence-corrected chi connectivity index (χ3v) is 8.66. The van der Waals surface area contributed by atoms with Gasteiger partial charge in [0.25, 0.3) is 5.91 Å². The van der Waals surface area contributed by atoms with Crippen LogP contribution in [0.4, 0.5) is 5.69 Å². The molecule has 2 unspecified atom stereocenters. The van der Waals surface area contributed by atoms with Crippen LogP contribution in [0.2, 0.25) is 0 Å². The van der Waals surface area contributed by atoms with Crippen LogP contribution in [-0.4, -0.2) is 106 Å². The number of carbonyl (C=O) groups excluding carboxylic acids is 3. The number of nitrogens with zero attached hydrogens (tertiary/aromatic N) is 4. The molecule has 0 bridgehead atoms. The van der Waals surface area contributed by atoms with Gasteiger partial charge in [-0.1, -0.05) is 12.1 Å². The van der Waals surface area contributed by atoms with Crippen molar-refractivity contribution in [3.63, 3.8) is 0 Å². The van der Waals surface area contributed by atoms with Gasteiger partial charge in [-0.15, -0.1) is 0 Å². The second kappa shape index (κ2) is 16.9. The third-order valence-electron chi connectivity index (χ3n) is 7.93. The lowest BCUT2D eigenvalue weighted by Gasteiger charge is -2.42. The smallest absolute Gasteiger partial charge is 0.252 e. The van der Waals surface area contributed by atoms with E-state index < -0.39 is 48.1 Å². The molecule has 0 radical (unpaired) electrons. The topological polar surface area (TPSA) is 161 Å². The fraction of sp³-hybridized carbons (Fsp3) is 0.364. The lowest BCUT2D eigenvalue weighted by Crippen LogP contribution is -2.60. The first kappa shape index (κ1) is 36.1. The molecule has 258 valence electrons. The first-order valence-electron chi connectivity index (χ1n) is 15.0. The van der Waals surface area contributed by atoms with Crippen LogP contribution in [0.15, 0.2) is 66.7 Å². The Hall–Kier alpha value is -4.70. The summed E-state index contributed by atoms with van der Waals surface area (Å²) in [7, 11) is 6.05. The van der Waals surface area contributed by atoms with Gasteiger partial charge in [0.1, 0.15) is 29.5 Å². The molecule has 1 heterocycles. The Bertz CT molecular complexity index is 1570. The predicted molar refractivity (Wildman–Crippen MR) is 175 cm³/mol. The molecule has 0 spiro atoms. The van der Waals surface area contributed by atoms with E-state index in [-0.39, 0.29) is 31.7 Å². The van der Waals surface area contributed by atoms with Gasteiger partial charge in [-0.3, -0.25) is 23.8 Å². The zero-order valence-corrected chi connectivity index (χ0v) is 28.0. The number of amides is 3. The van der Waals surface area contributed by atoms with Gasteiger partial charge in [0.15, 0.2) is 0 Å². The minimum atomic E-state index is -2.75. The Morgan fingerprint density at radius 3 is 1.98 bits per heavy atom. The van der Waals surface area contributed by atoms with Crippen LogP contribution < -0.4 is 24.0 Å². The van der Waals surface area contributed by atoms with Crippen molar-refractivity contribution in [2.45, 2.75) is 25.4 Å². The van der Waals surface area contributed by atoms with Crippen molar-refractivity contribution >= 4 is 34.7 Å². The molecule has 3 aromatic rings. The summed E-state index contributed by atoms with van der Waals surface area (Å²) >= 11 is -2.75. The van der Waals surface area contributed by atoms with Gasteiger partial charge >= 0.3 is 0 Å². The standard InChI is InChI=1S/C33H40N4O10S/c1-44-27-9-5-23(6-10-27)13-14-35(48(42)43)21-33(40)36-22-32(39)34(19-24-15-29(46-3)18-30(16-24)47-4)20-26(36)17-31(38)37(41)25-7-11-28(45-2)12-8-25/h5-12,15-16,18,26,41H,13-14,17,19-22H2,1-4H3,(H,42,43)/p-1. The molecular formula is C33H39N4O10S-. The number of carbonyl (C=O) groups is 3. The number of ether oxygens (including phenoxy) is 4. The molecule has 1 saturated heterocycles. The Labute approximate surface area is 281 Å². The van der Waals surface area contributed by atoms with Gasteiger partial charge in [0, 0.05) is 37.0 Å². The van der Waals surface area contributed by atoms with E-state index >= 15 is 0 Å². The van der Waals surface area contributed by atoms with E-state index in [1.165, 1.54) is 43.3 Å². The lowest BCUT2D eigenvalue weighted by molar-refractivity contribution is -0.151. The van der Waals surface area contributed by atoms with Gasteiger partial charge in [-0.2, -0.15) is 5.06 Å². The maximum Gasteiger partial charge on any atom is 0.252 e. The van der Waals surface area contributed by atoms with Crippen molar-refractivity contribution in [2.75, 3.05) is 59.7 Å². The minimum Gasteiger partial charge on any atom is -0.760 e. The highest BCUT2D eigenvalue weighted by atomic mass is 32.2. The van der Waals surface area contributed by atoms with Crippen LogP contribution in [-0.2, 0) is 38.6 Å². The van der Waals surface area contributed by atoms with Gasteiger partial charge in [-0.25, -0.2) is 4.31 Å². The third kappa shape index (κ3) is 9.44. The van der Waals surface area contributed by atoms with Crippen LogP contribution in [0.3, 0.4) is 0 Å². The van der Waals surface area contributed by atoms with E-state index in [1.54, 1.807) is 61.7 Å². The molecule has 1 aliphatic rings. The van der Waals surface area contributed by atoms with Crippen LogP contribution in [0.25, 0.3) is 0 Å². The van der Waals surface area contributed by atoms with Crippen LogP contribution in [0, 0.1) is 0 Å². The quantitative estimate of drug-likeness (QED) is 0.143. The predicted octanol–water partition coefficient (Wildman–Crippen LogP) is 2.41. The summed E-state index contributed by atoms with van der Waals surface area (Å²) in [5.74, 6) is 0.431. The summed E-state index contributed by atoms with van der Waals surface area (Å²) in [6.45, 7) is -0.870. The largest absolute Gasteiger partial charge is 0.760 e. The molecule has 0 aromatic heterocycles. The number of hydroxylamine groups is 1. The first-order chi connectivity index (χ1) is 23.0. The Morgan fingerprint density at radius 2 is 1.44 bits per heavy atom. The van der Waals surface area contributed by atoms with Crippen molar-refractivity contribution in [3.05, 3.63) is 77.9 Å². The fourth-order valence-electron chi connectivity index (χ4n) is 5.28. The summed E-state index contributed by atoms with van der Waals surface area (Å²) in [4.78, 5) is 43.1. The van der Waals surface area contributed by atoms with Crippen molar-refractivity contribution in [1.82, 2.24) is 14.1 Å². The molecule has 1 aliphatic heterocycles. The monoisotopic (exact) mass is 683 g/mol. The maximum atomic E-state index is 13.7. The molecule has 4 rings (SSSR count). The first-order valence-corrected chi connectivity index (χ1v) is 16.0. The minimum absolute atomic E-state index is 0.00521. The highest BCUT2D eigenvalue weighted by molar-refractivity contribution is 7.76. The molecule has 3 aromatic carbocycles. The molecule has 14 nitrogen and oxygen atoms in total. The number of benzene rings is 3. The Kier molecular flexibility index (Phi) is 12.7. The summed E-state index contributed by atoms with van der Waals surface area (Å²) in [5.41, 5.74) is 1.71. The Balaban J connectivity index is 1.54. The molecule has 2 atom stereocenters.